The highest BCUT2D eigenvalue weighted by Crippen LogP contribution is 2.42. The van der Waals surface area contributed by atoms with Crippen LogP contribution in [0.4, 0.5) is 0 Å². The number of hydrogen-bond donors (Lipinski definition) is 0. The molecular weight excluding hydrogens is 622 g/mol. The Hall–Kier alpha value is -3.92. The molecule has 0 amide bonds. The molecule has 46 heavy (non-hydrogen) atoms. The Balaban J connectivity index is 0.000000235. The average molecular weight is 661 g/mol. The Morgan fingerprint density at radius 3 is 1.20 bits per heavy atom. The molecule has 240 valence electrons. The van der Waals surface area contributed by atoms with Crippen LogP contribution in [-0.4, -0.2) is 38.9 Å². The number of halogens is 2. The molecule has 3 aromatic carbocycles. The number of nitrogens with zero attached hydrogens (tertiary/aromatic N) is 2. The van der Waals surface area contributed by atoms with Crippen LogP contribution in [0, 0.1) is 0 Å². The quantitative estimate of drug-likeness (QED) is 0.0595. The van der Waals surface area contributed by atoms with Crippen LogP contribution >= 0.6 is 23.2 Å². The smallest absolute Gasteiger partial charge is 0.222 e. The van der Waals surface area contributed by atoms with Gasteiger partial charge in [0.25, 0.3) is 0 Å². The van der Waals surface area contributed by atoms with Gasteiger partial charge in [0.05, 0.1) is 19.1 Å². The SMILES string of the molecule is ClCCO[n+]1ccccc1.ClCCO[n+]1ccccc1.[O-]B([O-])OCCCC(c1ccccc1)(c1ccccc1)c1ccccc1. The predicted octanol–water partition coefficient (Wildman–Crippen LogP) is 3.81. The summed E-state index contributed by atoms with van der Waals surface area (Å²) in [5.74, 6) is 1.03. The van der Waals surface area contributed by atoms with E-state index in [1.54, 1.807) is 9.46 Å². The Morgan fingerprint density at radius 1 is 0.522 bits per heavy atom. The molecule has 0 bridgehead atoms. The van der Waals surface area contributed by atoms with Crippen molar-refractivity contribution >= 4 is 30.5 Å². The first kappa shape index (κ1) is 36.6. The molecule has 0 aliphatic rings. The second-order valence-corrected chi connectivity index (χ2v) is 10.5. The van der Waals surface area contributed by atoms with E-state index >= 15 is 0 Å². The lowest BCUT2D eigenvalue weighted by atomic mass is 9.67. The Labute approximate surface area is 282 Å². The van der Waals surface area contributed by atoms with Crippen molar-refractivity contribution in [3.63, 3.8) is 0 Å². The second kappa shape index (κ2) is 21.8. The molecule has 0 aliphatic carbocycles. The number of rotatable bonds is 14. The van der Waals surface area contributed by atoms with Gasteiger partial charge in [0.1, 0.15) is 0 Å². The fourth-order valence-corrected chi connectivity index (χ4v) is 4.97. The summed E-state index contributed by atoms with van der Waals surface area (Å²) in [5, 5.41) is 21.4. The van der Waals surface area contributed by atoms with Gasteiger partial charge in [0.2, 0.25) is 24.8 Å². The molecule has 7 nitrogen and oxygen atoms in total. The van der Waals surface area contributed by atoms with Crippen molar-refractivity contribution in [2.75, 3.05) is 31.6 Å². The molecule has 0 unspecified atom stereocenters. The lowest BCUT2D eigenvalue weighted by molar-refractivity contribution is -0.890. The average Bonchev–Trinajstić information content (AvgIpc) is 3.12. The second-order valence-electron chi connectivity index (χ2n) is 9.78. The van der Waals surface area contributed by atoms with E-state index < -0.39 is 7.32 Å². The van der Waals surface area contributed by atoms with Gasteiger partial charge in [-0.2, -0.15) is 0 Å². The summed E-state index contributed by atoms with van der Waals surface area (Å²) in [6.45, 7) is 1.23. The van der Waals surface area contributed by atoms with Crippen molar-refractivity contribution in [2.24, 2.45) is 0 Å². The fourth-order valence-electron chi connectivity index (χ4n) is 4.84. The maximum Gasteiger partial charge on any atom is 0.222 e. The Morgan fingerprint density at radius 2 is 0.870 bits per heavy atom. The first-order chi connectivity index (χ1) is 22.6. The van der Waals surface area contributed by atoms with Crippen LogP contribution in [0.3, 0.4) is 0 Å². The highest BCUT2D eigenvalue weighted by molar-refractivity contribution is 6.28. The molecule has 2 heterocycles. The molecule has 0 aliphatic heterocycles. The summed E-state index contributed by atoms with van der Waals surface area (Å²) in [5.41, 5.74) is 3.17. The van der Waals surface area contributed by atoms with E-state index in [1.807, 2.05) is 116 Å². The minimum absolute atomic E-state index is 0.159. The molecule has 10 heteroatoms. The standard InChI is InChI=1S/C22H21BO3.2C7H9ClNO/c24-23(25)26-18-10-17-22(19-11-4-1-5-12-19,20-13-6-2-7-14-20)21-15-8-3-9-16-21;2*8-4-7-10-9-5-2-1-3-6-9/h1-9,11-16H,10,17-18H2;2*1-3,5-6H,4,7H2/q-2;2*+1. The van der Waals surface area contributed by atoms with Crippen molar-refractivity contribution in [2.45, 2.75) is 18.3 Å². The van der Waals surface area contributed by atoms with Gasteiger partial charge in [-0.05, 0) is 29.5 Å². The third kappa shape index (κ3) is 12.5. The number of alkyl halides is 2. The molecule has 0 fully saturated rings. The van der Waals surface area contributed by atoms with Crippen molar-refractivity contribution < 1.29 is 33.8 Å². The van der Waals surface area contributed by atoms with E-state index in [0.29, 0.717) is 31.4 Å². The van der Waals surface area contributed by atoms with Crippen LogP contribution in [0.1, 0.15) is 29.5 Å². The van der Waals surface area contributed by atoms with Crippen LogP contribution < -0.4 is 29.2 Å². The molecule has 0 N–H and O–H groups in total. The molecule has 0 saturated heterocycles. The van der Waals surface area contributed by atoms with Crippen LogP contribution in [0.25, 0.3) is 0 Å². The molecule has 0 spiro atoms. The van der Waals surface area contributed by atoms with Crippen molar-refractivity contribution in [3.05, 3.63) is 169 Å². The van der Waals surface area contributed by atoms with Gasteiger partial charge in [-0.1, -0.05) is 103 Å². The highest BCUT2D eigenvalue weighted by Gasteiger charge is 2.35. The topological polar surface area (TPSA) is 81.6 Å². The normalized spacial score (nSPS) is 10.4. The van der Waals surface area contributed by atoms with Gasteiger partial charge in [-0.25, -0.2) is 0 Å². The van der Waals surface area contributed by atoms with Gasteiger partial charge < -0.3 is 14.7 Å². The zero-order chi connectivity index (χ0) is 32.7. The molecule has 0 atom stereocenters. The first-order valence-electron chi connectivity index (χ1n) is 15.0. The largest absolute Gasteiger partial charge is 0.871 e. The molecular formula is C36H39BCl2N2O5. The maximum absolute atomic E-state index is 10.7. The monoisotopic (exact) mass is 660 g/mol. The van der Waals surface area contributed by atoms with Crippen molar-refractivity contribution in [3.8, 4) is 0 Å². The summed E-state index contributed by atoms with van der Waals surface area (Å²) >= 11 is 10.8. The maximum atomic E-state index is 10.7. The third-order valence-corrected chi connectivity index (χ3v) is 7.07. The van der Waals surface area contributed by atoms with Crippen molar-refractivity contribution in [1.29, 1.82) is 0 Å². The third-order valence-electron chi connectivity index (χ3n) is 6.76. The van der Waals surface area contributed by atoms with E-state index in [9.17, 15) is 10.0 Å². The van der Waals surface area contributed by atoms with Gasteiger partial charge >= 0.3 is 0 Å². The van der Waals surface area contributed by atoms with E-state index in [0.717, 1.165) is 6.42 Å². The zero-order valence-corrected chi connectivity index (χ0v) is 27.2. The number of hydrogen-bond acceptors (Lipinski definition) is 5. The number of aromatic nitrogens is 2. The highest BCUT2D eigenvalue weighted by atomic mass is 35.5. The Bertz CT molecular complexity index is 1300. The van der Waals surface area contributed by atoms with Crippen molar-refractivity contribution in [1.82, 2.24) is 0 Å². The van der Waals surface area contributed by atoms with Gasteiger partial charge in [0.15, 0.2) is 13.2 Å². The molecule has 0 saturated carbocycles. The predicted molar refractivity (Wildman–Crippen MR) is 178 cm³/mol. The van der Waals surface area contributed by atoms with E-state index in [4.69, 9.17) is 37.5 Å². The van der Waals surface area contributed by atoms with Gasteiger partial charge in [-0.3, -0.25) is 9.68 Å². The fraction of sp³-hybridized carbons (Fsp3) is 0.222. The molecule has 5 rings (SSSR count). The number of pyridine rings is 2. The van der Waals surface area contributed by atoms with Gasteiger partial charge in [-0.15, -0.1) is 23.2 Å². The van der Waals surface area contributed by atoms with Gasteiger partial charge in [0, 0.05) is 45.7 Å². The molecule has 2 aromatic heterocycles. The lowest BCUT2D eigenvalue weighted by Gasteiger charge is -2.37. The minimum Gasteiger partial charge on any atom is -0.871 e. The molecule has 5 aromatic rings. The summed E-state index contributed by atoms with van der Waals surface area (Å²) in [7, 11) is -2.23. The molecule has 0 radical (unpaired) electrons. The summed E-state index contributed by atoms with van der Waals surface area (Å²) < 4.78 is 7.99. The van der Waals surface area contributed by atoms with E-state index in [-0.39, 0.29) is 12.0 Å². The van der Waals surface area contributed by atoms with E-state index in [2.05, 4.69) is 36.4 Å². The van der Waals surface area contributed by atoms with Crippen LogP contribution in [0.15, 0.2) is 152 Å². The summed E-state index contributed by atoms with van der Waals surface area (Å²) in [6, 6.07) is 42.5. The lowest BCUT2D eigenvalue weighted by Crippen LogP contribution is -2.48. The van der Waals surface area contributed by atoms with Crippen LogP contribution in [-0.2, 0) is 10.1 Å². The summed E-state index contributed by atoms with van der Waals surface area (Å²) in [6.07, 6.45) is 8.65. The van der Waals surface area contributed by atoms with Crippen LogP contribution in [0.2, 0.25) is 0 Å². The zero-order valence-electron chi connectivity index (χ0n) is 25.7. The van der Waals surface area contributed by atoms with E-state index in [1.165, 1.54) is 16.7 Å². The first-order valence-corrected chi connectivity index (χ1v) is 16.1. The Kier molecular flexibility index (Phi) is 17.3. The minimum atomic E-state index is -2.23. The van der Waals surface area contributed by atoms with Crippen LogP contribution in [0.5, 0.6) is 0 Å². The number of benzene rings is 3. The summed E-state index contributed by atoms with van der Waals surface area (Å²) in [4.78, 5) is 10.3.